The molecule has 0 unspecified atom stereocenters. The van der Waals surface area contributed by atoms with Gasteiger partial charge in [-0.25, -0.2) is 0 Å². The van der Waals surface area contributed by atoms with Crippen LogP contribution in [0.1, 0.15) is 35.6 Å². The maximum atomic E-state index is 11.8. The van der Waals surface area contributed by atoms with Gasteiger partial charge < -0.3 is 19.1 Å². The summed E-state index contributed by atoms with van der Waals surface area (Å²) >= 11 is 0. The van der Waals surface area contributed by atoms with E-state index in [1.54, 1.807) is 0 Å². The van der Waals surface area contributed by atoms with Crippen LogP contribution in [0.2, 0.25) is 0 Å². The van der Waals surface area contributed by atoms with Gasteiger partial charge in [-0.15, -0.1) is 0 Å². The first kappa shape index (κ1) is 20.5. The van der Waals surface area contributed by atoms with E-state index in [1.165, 1.54) is 18.1 Å². The molecule has 0 saturated carbocycles. The molecule has 1 spiro atoms. The summed E-state index contributed by atoms with van der Waals surface area (Å²) in [4.78, 5) is 14.2. The van der Waals surface area contributed by atoms with Crippen molar-refractivity contribution >= 4 is 5.97 Å². The first-order valence-electron chi connectivity index (χ1n) is 11.5. The second-order valence-electron chi connectivity index (χ2n) is 9.56. The number of carbonyl (C=O) groups is 1. The Bertz CT molecular complexity index is 1220. The summed E-state index contributed by atoms with van der Waals surface area (Å²) in [6, 6.07) is 14.1. The fourth-order valence-electron chi connectivity index (χ4n) is 6.53. The molecule has 0 radical (unpaired) electrons. The number of ether oxygens (including phenoxy) is 3. The maximum Gasteiger partial charge on any atom is 0.308 e. The van der Waals surface area contributed by atoms with Crippen molar-refractivity contribution < 1.29 is 19.0 Å². The molecular weight excluding hydrogens is 416 g/mol. The van der Waals surface area contributed by atoms with E-state index in [0.717, 1.165) is 24.9 Å². The van der Waals surface area contributed by atoms with E-state index < -0.39 is 0 Å². The minimum absolute atomic E-state index is 0.204. The fourth-order valence-corrected chi connectivity index (χ4v) is 6.53. The van der Waals surface area contributed by atoms with E-state index in [0.29, 0.717) is 35.6 Å². The van der Waals surface area contributed by atoms with Crippen molar-refractivity contribution in [3.8, 4) is 17.6 Å². The molecule has 0 amide bonds. The fraction of sp³-hybridized carbons (Fsp3) is 0.407. The molecule has 2 heterocycles. The van der Waals surface area contributed by atoms with Crippen molar-refractivity contribution in [3.63, 3.8) is 0 Å². The van der Waals surface area contributed by atoms with E-state index in [4.69, 9.17) is 14.2 Å². The monoisotopic (exact) mass is 442 g/mol. The van der Waals surface area contributed by atoms with Crippen molar-refractivity contribution in [2.45, 2.75) is 50.0 Å². The number of hydrogen-bond acceptors (Lipinski definition) is 6. The van der Waals surface area contributed by atoms with Gasteiger partial charge >= 0.3 is 5.97 Å². The Morgan fingerprint density at radius 1 is 1.27 bits per heavy atom. The summed E-state index contributed by atoms with van der Waals surface area (Å²) in [6.45, 7) is 2.74. The average Bonchev–Trinajstić information content (AvgIpc) is 3.17. The molecule has 1 saturated heterocycles. The van der Waals surface area contributed by atoms with Gasteiger partial charge in [0.2, 0.25) is 0 Å². The molecule has 2 aliphatic heterocycles. The minimum atomic E-state index is -0.352. The third kappa shape index (κ3) is 2.89. The predicted octanol–water partition coefficient (Wildman–Crippen LogP) is 3.51. The zero-order valence-electron chi connectivity index (χ0n) is 18.8. The average molecular weight is 443 g/mol. The molecule has 4 aliphatic rings. The van der Waals surface area contributed by atoms with Crippen molar-refractivity contribution in [1.82, 2.24) is 4.90 Å². The molecule has 0 aromatic heterocycles. The molecule has 6 heteroatoms. The molecule has 2 aromatic carbocycles. The number of likely N-dealkylation sites (N-methyl/N-ethyl adjacent to an activating group) is 1. The van der Waals surface area contributed by atoms with Crippen molar-refractivity contribution in [3.05, 3.63) is 70.8 Å². The topological polar surface area (TPSA) is 71.8 Å². The summed E-state index contributed by atoms with van der Waals surface area (Å²) in [5.41, 5.74) is 3.77. The van der Waals surface area contributed by atoms with Gasteiger partial charge in [0.1, 0.15) is 12.2 Å². The minimum Gasteiger partial charge on any atom is -0.482 e. The number of esters is 1. The number of hydrogen-bond donors (Lipinski definition) is 0. The molecule has 2 aromatic rings. The Morgan fingerprint density at radius 3 is 2.94 bits per heavy atom. The highest BCUT2D eigenvalue weighted by molar-refractivity contribution is 5.72. The summed E-state index contributed by atoms with van der Waals surface area (Å²) in [5, 5.41) is 9.45. The Labute approximate surface area is 193 Å². The Kier molecular flexibility index (Phi) is 4.62. The lowest BCUT2D eigenvalue weighted by atomic mass is 9.53. The van der Waals surface area contributed by atoms with Crippen LogP contribution in [0.15, 0.2) is 48.6 Å². The number of nitrogens with zero attached hydrogens (tertiary/aromatic N) is 2. The molecule has 168 valence electrons. The second-order valence-corrected chi connectivity index (χ2v) is 9.56. The van der Waals surface area contributed by atoms with Crippen molar-refractivity contribution in [2.75, 3.05) is 13.6 Å². The van der Waals surface area contributed by atoms with Crippen LogP contribution in [-0.4, -0.2) is 42.7 Å². The first-order chi connectivity index (χ1) is 16.0. The number of rotatable bonds is 4. The molecule has 6 rings (SSSR count). The summed E-state index contributed by atoms with van der Waals surface area (Å²) < 4.78 is 18.6. The number of benzene rings is 2. The van der Waals surface area contributed by atoms with Crippen LogP contribution in [0, 0.1) is 17.2 Å². The lowest BCUT2D eigenvalue weighted by Crippen LogP contribution is -2.65. The van der Waals surface area contributed by atoms with Crippen molar-refractivity contribution in [2.24, 2.45) is 5.92 Å². The van der Waals surface area contributed by atoms with Crippen LogP contribution in [0.4, 0.5) is 0 Å². The first-order valence-corrected chi connectivity index (χ1v) is 11.5. The Hall–Kier alpha value is -3.14. The van der Waals surface area contributed by atoms with Crippen LogP contribution in [-0.2, 0) is 28.0 Å². The highest BCUT2D eigenvalue weighted by Gasteiger charge is 2.64. The molecular formula is C27H26N2O4. The Morgan fingerprint density at radius 2 is 2.12 bits per heavy atom. The van der Waals surface area contributed by atoms with Gasteiger partial charge in [0.25, 0.3) is 0 Å². The summed E-state index contributed by atoms with van der Waals surface area (Å²) in [6.07, 6.45) is 5.89. The zero-order valence-corrected chi connectivity index (χ0v) is 18.8. The van der Waals surface area contributed by atoms with E-state index in [1.807, 2.05) is 30.3 Å². The SMILES string of the molecule is CC(=O)Oc1ccc2c3c1O[C@H]1[C@@H](OCc4ccccc4C#N)C=C[C@H]4[C@@H](C2)N(C)CC[C@@]341. The van der Waals surface area contributed by atoms with Gasteiger partial charge in [0.15, 0.2) is 11.5 Å². The lowest BCUT2D eigenvalue weighted by molar-refractivity contribution is -0.132. The maximum absolute atomic E-state index is 11.8. The second kappa shape index (κ2) is 7.44. The number of carbonyl (C=O) groups excluding carboxylic acids is 1. The molecule has 2 bridgehead atoms. The highest BCUT2D eigenvalue weighted by atomic mass is 16.6. The smallest absolute Gasteiger partial charge is 0.308 e. The zero-order chi connectivity index (χ0) is 22.7. The highest BCUT2D eigenvalue weighted by Crippen LogP contribution is 2.62. The van der Waals surface area contributed by atoms with E-state index in [2.05, 4.69) is 36.2 Å². The van der Waals surface area contributed by atoms with Crippen LogP contribution in [0.5, 0.6) is 11.5 Å². The van der Waals surface area contributed by atoms with Crippen LogP contribution in [0.3, 0.4) is 0 Å². The molecule has 0 N–H and O–H groups in total. The van der Waals surface area contributed by atoms with Crippen LogP contribution < -0.4 is 9.47 Å². The molecule has 5 atom stereocenters. The lowest BCUT2D eigenvalue weighted by Gasteiger charge is -2.56. The van der Waals surface area contributed by atoms with Crippen LogP contribution in [0.25, 0.3) is 0 Å². The predicted molar refractivity (Wildman–Crippen MR) is 121 cm³/mol. The number of likely N-dealkylation sites (tertiary alicyclic amines) is 1. The molecule has 2 aliphatic carbocycles. The summed E-state index contributed by atoms with van der Waals surface area (Å²) in [5.74, 6) is 1.16. The molecule has 6 nitrogen and oxygen atoms in total. The van der Waals surface area contributed by atoms with Gasteiger partial charge in [-0.1, -0.05) is 36.4 Å². The largest absolute Gasteiger partial charge is 0.482 e. The van der Waals surface area contributed by atoms with Crippen LogP contribution >= 0.6 is 0 Å². The quantitative estimate of drug-likeness (QED) is 0.410. The number of piperidine rings is 1. The van der Waals surface area contributed by atoms with E-state index >= 15 is 0 Å². The summed E-state index contributed by atoms with van der Waals surface area (Å²) in [7, 11) is 2.21. The Balaban J connectivity index is 1.42. The third-order valence-electron chi connectivity index (χ3n) is 7.94. The number of nitriles is 1. The van der Waals surface area contributed by atoms with E-state index in [9.17, 15) is 10.1 Å². The van der Waals surface area contributed by atoms with Gasteiger partial charge in [-0.05, 0) is 49.7 Å². The third-order valence-corrected chi connectivity index (χ3v) is 7.94. The van der Waals surface area contributed by atoms with Gasteiger partial charge in [0.05, 0.1) is 18.2 Å². The standard InChI is InChI=1S/C27H26N2O4/c1-16(30)32-22-9-7-17-13-21-20-8-10-23(31-15-19-6-4-3-5-18(19)14-28)26-27(20,11-12-29(21)2)24(17)25(22)33-26/h3-10,20-21,23,26H,11-13,15H2,1-2H3/t20-,21+,23-,26-,27-/m0/s1. The molecule has 1 fully saturated rings. The normalized spacial score (nSPS) is 30.8. The van der Waals surface area contributed by atoms with Gasteiger partial charge in [-0.3, -0.25) is 4.79 Å². The van der Waals surface area contributed by atoms with Gasteiger partial charge in [-0.2, -0.15) is 5.26 Å². The van der Waals surface area contributed by atoms with Crippen molar-refractivity contribution in [1.29, 1.82) is 5.26 Å². The molecule has 33 heavy (non-hydrogen) atoms. The van der Waals surface area contributed by atoms with Gasteiger partial charge in [0, 0.05) is 29.9 Å². The van der Waals surface area contributed by atoms with E-state index in [-0.39, 0.29) is 23.6 Å².